The lowest BCUT2D eigenvalue weighted by atomic mass is 9.80. The van der Waals surface area contributed by atoms with Crippen LogP contribution in [0.5, 0.6) is 34.5 Å². The van der Waals surface area contributed by atoms with Gasteiger partial charge in [-0.15, -0.1) is 0 Å². The van der Waals surface area contributed by atoms with Gasteiger partial charge in [-0.2, -0.15) is 12.9 Å². The zero-order valence-corrected chi connectivity index (χ0v) is 73.0. The Morgan fingerprint density at radius 3 is 0.710 bits per heavy atom. The van der Waals surface area contributed by atoms with Crippen LogP contribution in [-0.4, -0.2) is 173 Å². The van der Waals surface area contributed by atoms with Gasteiger partial charge in [-0.3, -0.25) is 65.6 Å². The zero-order valence-electron chi connectivity index (χ0n) is 70.6. The standard InChI is InChI=1S/C87H96N10O24S3/c1-85(2,3)67-43-55-37-57-45-68(86(4,5)6)47-59-39-61-49-70(92(98)99)51-63(79(61)116-10)41-65-53-72(94(102)103)54-66(81(65)118-12)42-64-52-71(93(100)101)50-62(80(64)117-11)40-60-48-69(87(7,8)9)46-58-38-56(44-67)82(55)119-34-31-89(122(110,111)76-22-16-13-19-73(76)95(104)105)28-25-88(26-29-90(32-35-120-83(57)59)123(112,113)77-23-17-14-20-74(77)96(106)107)27-30-91(33-36-121-84(58)60)124(114,115)78-24-18-15-21-75(78)97(108)109/h13-24,43-54H,25-42H2,1-12H3. The van der Waals surface area contributed by atoms with Crippen molar-refractivity contribution in [1.82, 2.24) is 17.8 Å². The SMILES string of the molecule is COc1c2cc([N+](=O)[O-])cc1Cc1cc([N+](=O)[O-])cc(c1OC)Cc1cc(C(C)(C)C)cc3c1OCCN(S(=O)(=O)c1ccccc1[N+](=O)[O-])CCN1CCN(S(=O)(=O)c4ccccc4[N+](=O)[O-])CCOc4c(cc(C(C)(C)C)cc4Cc4cc(C(C)(C)C)cc(c4OCCN(S(=O)(=O)c4ccccc4[N+](=O)[O-])CC1)C3)Cc1cc([N+](=O)[O-])cc(c1OC)C2. The van der Waals surface area contributed by atoms with Crippen molar-refractivity contribution >= 4 is 64.2 Å². The minimum absolute atomic E-state index is 0.0454. The molecule has 0 aromatic heterocycles. The van der Waals surface area contributed by atoms with Crippen LogP contribution in [0.3, 0.4) is 0 Å². The number of hydrogen-bond donors (Lipinski definition) is 0. The molecule has 0 saturated carbocycles. The number of ether oxygens (including phenoxy) is 6. The second kappa shape index (κ2) is 36.4. The predicted molar refractivity (Wildman–Crippen MR) is 460 cm³/mol. The van der Waals surface area contributed by atoms with Crippen LogP contribution in [-0.2, 0) is 84.8 Å². The van der Waals surface area contributed by atoms with Gasteiger partial charge in [0.25, 0.3) is 34.1 Å². The van der Waals surface area contributed by atoms with E-state index in [0.29, 0.717) is 50.1 Å². The van der Waals surface area contributed by atoms with Crippen LogP contribution in [0.4, 0.5) is 34.1 Å². The normalized spacial score (nSPS) is 15.5. The second-order valence-corrected chi connectivity index (χ2v) is 39.3. The molecule has 656 valence electrons. The number of hydrogen-bond acceptors (Lipinski definition) is 25. The van der Waals surface area contributed by atoms with Crippen LogP contribution >= 0.6 is 0 Å². The van der Waals surface area contributed by atoms with Gasteiger partial charge in [-0.1, -0.05) is 135 Å². The summed E-state index contributed by atoms with van der Waals surface area (Å²) in [4.78, 5) is 74.2. The van der Waals surface area contributed by atoms with Crippen LogP contribution in [0.25, 0.3) is 0 Å². The minimum atomic E-state index is -5.10. The van der Waals surface area contributed by atoms with E-state index in [-0.39, 0.29) is 106 Å². The number of methoxy groups -OCH3 is 3. The fourth-order valence-electron chi connectivity index (χ4n) is 16.0. The van der Waals surface area contributed by atoms with Crippen molar-refractivity contribution in [1.29, 1.82) is 0 Å². The molecule has 0 radical (unpaired) electrons. The highest BCUT2D eigenvalue weighted by Gasteiger charge is 2.39. The van der Waals surface area contributed by atoms with Crippen LogP contribution < -0.4 is 28.4 Å². The molecule has 0 saturated heterocycles. The second-order valence-electron chi connectivity index (χ2n) is 33.6. The van der Waals surface area contributed by atoms with Gasteiger partial charge in [0, 0.05) is 185 Å². The summed E-state index contributed by atoms with van der Waals surface area (Å²) in [6.45, 7) is 10.9. The van der Waals surface area contributed by atoms with E-state index in [1.54, 1.807) is 0 Å². The Balaban J connectivity index is 1.25. The first-order chi connectivity index (χ1) is 58.4. The number of sulfonamides is 3. The number of non-ortho nitro benzene ring substituents is 3. The van der Waals surface area contributed by atoms with Crippen molar-refractivity contribution < 1.29 is 83.2 Å². The molecule has 3 aliphatic rings. The molecule has 0 N–H and O–H groups in total. The van der Waals surface area contributed by atoms with E-state index in [4.69, 9.17) is 28.4 Å². The summed E-state index contributed by atoms with van der Waals surface area (Å²) >= 11 is 0. The molecule has 0 fully saturated rings. The van der Waals surface area contributed by atoms with Crippen LogP contribution in [0.2, 0.25) is 0 Å². The van der Waals surface area contributed by atoms with E-state index in [1.807, 2.05) is 98.7 Å². The van der Waals surface area contributed by atoms with E-state index in [2.05, 4.69) is 0 Å². The Hall–Kier alpha value is -12.1. The lowest BCUT2D eigenvalue weighted by molar-refractivity contribution is -0.388. The molecule has 16 bridgehead atoms. The average molecular weight is 1760 g/mol. The Kier molecular flexibility index (Phi) is 26.7. The number of rotatable bonds is 15. The smallest absolute Gasteiger partial charge is 0.289 e. The highest BCUT2D eigenvalue weighted by Crippen LogP contribution is 2.47. The molecule has 2 heterocycles. The molecule has 0 amide bonds. The first kappa shape index (κ1) is 91.1. The molecule has 37 heteroatoms. The van der Waals surface area contributed by atoms with E-state index in [0.717, 1.165) is 49.3 Å². The molecule has 0 unspecified atom stereocenters. The van der Waals surface area contributed by atoms with Gasteiger partial charge in [-0.05, 0) is 84.5 Å². The predicted octanol–water partition coefficient (Wildman–Crippen LogP) is 14.5. The molecule has 2 aliphatic heterocycles. The Morgan fingerprint density at radius 2 is 0.508 bits per heavy atom. The van der Waals surface area contributed by atoms with Gasteiger partial charge in [-0.25, -0.2) is 25.3 Å². The van der Waals surface area contributed by atoms with Gasteiger partial charge in [0.05, 0.1) is 50.9 Å². The van der Waals surface area contributed by atoms with E-state index >= 15 is 25.3 Å². The van der Waals surface area contributed by atoms with Gasteiger partial charge in [0.15, 0.2) is 14.7 Å². The highest BCUT2D eigenvalue weighted by atomic mass is 32.2. The van der Waals surface area contributed by atoms with Gasteiger partial charge in [0.2, 0.25) is 30.1 Å². The van der Waals surface area contributed by atoms with Crippen LogP contribution in [0, 0.1) is 60.7 Å². The summed E-state index contributed by atoms with van der Waals surface area (Å²) in [5.41, 5.74) is -0.791. The van der Waals surface area contributed by atoms with E-state index < -0.39 is 203 Å². The molecule has 0 spiro atoms. The molecular weight excluding hydrogens is 1670 g/mol. The lowest BCUT2D eigenvalue weighted by Gasteiger charge is -2.32. The fraction of sp³-hybridized carbons (Fsp3) is 0.379. The maximum atomic E-state index is 15.8. The molecule has 34 nitrogen and oxygen atoms in total. The number of fused-ring (bicyclic) bond motifs is 12. The molecule has 124 heavy (non-hydrogen) atoms. The Bertz CT molecular complexity index is 5810. The Morgan fingerprint density at radius 1 is 0.298 bits per heavy atom. The summed E-state index contributed by atoms with van der Waals surface area (Å²) in [6, 6.07) is 32.8. The molecule has 9 aromatic carbocycles. The highest BCUT2D eigenvalue weighted by molar-refractivity contribution is 7.89. The molecule has 9 aromatic rings. The first-order valence-electron chi connectivity index (χ1n) is 39.8. The van der Waals surface area contributed by atoms with Crippen molar-refractivity contribution in [3.05, 3.63) is 290 Å². The van der Waals surface area contributed by atoms with Crippen molar-refractivity contribution in [3.63, 3.8) is 0 Å². The number of para-hydroxylation sites is 3. The topological polar surface area (TPSA) is 430 Å². The van der Waals surface area contributed by atoms with Crippen LogP contribution in [0.15, 0.2) is 160 Å². The van der Waals surface area contributed by atoms with Crippen molar-refractivity contribution in [2.75, 3.05) is 100 Å². The lowest BCUT2D eigenvalue weighted by Crippen LogP contribution is -2.47. The molecular formula is C87H96N10O24S3. The maximum absolute atomic E-state index is 15.8. The summed E-state index contributed by atoms with van der Waals surface area (Å²) in [6.07, 6.45) is -1.56. The van der Waals surface area contributed by atoms with E-state index in [1.165, 1.54) is 99.0 Å². The summed E-state index contributed by atoms with van der Waals surface area (Å²) in [5, 5.41) is 79.4. The molecule has 1 aliphatic carbocycles. The zero-order chi connectivity index (χ0) is 90.0. The van der Waals surface area contributed by atoms with Crippen molar-refractivity contribution in [3.8, 4) is 34.5 Å². The fourth-order valence-corrected chi connectivity index (χ4v) is 20.7. The number of nitrogens with zero attached hydrogens (tertiary/aromatic N) is 10. The molecule has 0 atom stereocenters. The third kappa shape index (κ3) is 19.6. The monoisotopic (exact) mass is 1760 g/mol. The van der Waals surface area contributed by atoms with Crippen molar-refractivity contribution in [2.45, 2.75) is 132 Å². The maximum Gasteiger partial charge on any atom is 0.289 e. The summed E-state index contributed by atoms with van der Waals surface area (Å²) < 4.78 is 138. The summed E-state index contributed by atoms with van der Waals surface area (Å²) in [5.74, 6) is 0.546. The average Bonchev–Trinajstić information content (AvgIpc) is 0.766. The van der Waals surface area contributed by atoms with E-state index in [9.17, 15) is 60.7 Å². The number of benzene rings is 9. The third-order valence-corrected chi connectivity index (χ3v) is 28.2. The van der Waals surface area contributed by atoms with Crippen LogP contribution in [0.1, 0.15) is 146 Å². The third-order valence-electron chi connectivity index (χ3n) is 22.3. The first-order valence-corrected chi connectivity index (χ1v) is 44.1. The van der Waals surface area contributed by atoms with Crippen molar-refractivity contribution in [2.24, 2.45) is 0 Å². The molecule has 12 rings (SSSR count). The number of nitro benzene ring substituents is 6. The quantitative estimate of drug-likeness (QED) is 0.0522. The van der Waals surface area contributed by atoms with Gasteiger partial charge < -0.3 is 28.4 Å². The Labute approximate surface area is 717 Å². The number of nitro groups is 6. The van der Waals surface area contributed by atoms with Gasteiger partial charge >= 0.3 is 0 Å². The summed E-state index contributed by atoms with van der Waals surface area (Å²) in [7, 11) is -11.2. The largest absolute Gasteiger partial charge is 0.496 e. The minimum Gasteiger partial charge on any atom is -0.496 e. The van der Waals surface area contributed by atoms with Gasteiger partial charge in [0.1, 0.15) is 54.3 Å².